The molecule has 3 rings (SSSR count). The molecular weight excluding hydrogens is 364 g/mol. The van der Waals surface area contributed by atoms with Gasteiger partial charge in [-0.1, -0.05) is 11.3 Å². The molecule has 2 aromatic heterocycles. The largest absolute Gasteiger partial charge is 0.492 e. The lowest BCUT2D eigenvalue weighted by Gasteiger charge is -2.08. The number of fused-ring (bicyclic) bond motifs is 1. The summed E-state index contributed by atoms with van der Waals surface area (Å²) in [6.07, 6.45) is 2.03. The molecule has 0 fully saturated rings. The van der Waals surface area contributed by atoms with Crippen molar-refractivity contribution in [3.05, 3.63) is 46.6 Å². The molecule has 0 aliphatic rings. The quantitative estimate of drug-likeness (QED) is 0.682. The van der Waals surface area contributed by atoms with E-state index >= 15 is 0 Å². The Hall–Kier alpha value is -2.81. The van der Waals surface area contributed by atoms with Gasteiger partial charge in [0.1, 0.15) is 27.5 Å². The molecule has 2 N–H and O–H groups in total. The molecule has 26 heavy (non-hydrogen) atoms. The van der Waals surface area contributed by atoms with Crippen LogP contribution >= 0.6 is 11.3 Å². The summed E-state index contributed by atoms with van der Waals surface area (Å²) in [6, 6.07) is 3.85. The van der Waals surface area contributed by atoms with Gasteiger partial charge in [0.05, 0.1) is 24.4 Å². The molecule has 0 aliphatic carbocycles. The number of carbonyl (C=O) groups excluding carboxylic acids is 1. The molecule has 6 nitrogen and oxygen atoms in total. The second kappa shape index (κ2) is 7.61. The number of nitrogens with two attached hydrogens (primary N) is 1. The Kier molecular flexibility index (Phi) is 5.27. The minimum Gasteiger partial charge on any atom is -0.492 e. The summed E-state index contributed by atoms with van der Waals surface area (Å²) in [4.78, 5) is 20.6. The highest BCUT2D eigenvalue weighted by molar-refractivity contribution is 7.18. The lowest BCUT2D eigenvalue weighted by molar-refractivity contribution is 0.0991. The van der Waals surface area contributed by atoms with Crippen molar-refractivity contribution in [1.29, 1.82) is 0 Å². The number of primary amides is 1. The number of rotatable bonds is 7. The fourth-order valence-electron chi connectivity index (χ4n) is 2.32. The van der Waals surface area contributed by atoms with E-state index in [4.69, 9.17) is 15.2 Å². The zero-order valence-corrected chi connectivity index (χ0v) is 14.6. The minimum absolute atomic E-state index is 0.0961. The molecule has 0 unspecified atom stereocenters. The third-order valence-electron chi connectivity index (χ3n) is 3.45. The van der Waals surface area contributed by atoms with Gasteiger partial charge < -0.3 is 15.2 Å². The fraction of sp³-hybridized carbons (Fsp3) is 0.235. The van der Waals surface area contributed by atoms with Gasteiger partial charge in [-0.3, -0.25) is 4.79 Å². The van der Waals surface area contributed by atoms with Crippen molar-refractivity contribution < 1.29 is 23.0 Å². The van der Waals surface area contributed by atoms with E-state index in [2.05, 4.69) is 9.97 Å². The van der Waals surface area contributed by atoms with E-state index in [-0.39, 0.29) is 12.4 Å². The summed E-state index contributed by atoms with van der Waals surface area (Å²) >= 11 is 1.39. The Balaban J connectivity index is 1.69. The van der Waals surface area contributed by atoms with Crippen molar-refractivity contribution >= 4 is 27.6 Å². The topological polar surface area (TPSA) is 87.3 Å². The zero-order valence-electron chi connectivity index (χ0n) is 13.8. The molecular formula is C17H15F2N3O3S. The number of nitrogens with zero attached hydrogens (tertiary/aromatic N) is 2. The van der Waals surface area contributed by atoms with Crippen LogP contribution < -0.4 is 15.2 Å². The zero-order chi connectivity index (χ0) is 18.7. The number of benzene rings is 1. The lowest BCUT2D eigenvalue weighted by Crippen LogP contribution is -2.16. The first-order valence-electron chi connectivity index (χ1n) is 7.78. The van der Waals surface area contributed by atoms with Gasteiger partial charge in [0, 0.05) is 12.5 Å². The number of ether oxygens (including phenoxy) is 2. The molecule has 2 heterocycles. The normalized spacial score (nSPS) is 10.9. The van der Waals surface area contributed by atoms with Crippen LogP contribution in [-0.4, -0.2) is 29.1 Å². The summed E-state index contributed by atoms with van der Waals surface area (Å²) in [5.41, 5.74) is 4.88. The smallest absolute Gasteiger partial charge is 0.254 e. The van der Waals surface area contributed by atoms with Gasteiger partial charge in [0.15, 0.2) is 11.6 Å². The van der Waals surface area contributed by atoms with Crippen LogP contribution in [0.5, 0.6) is 11.5 Å². The van der Waals surface area contributed by atoms with Crippen LogP contribution in [0.25, 0.3) is 10.3 Å². The van der Waals surface area contributed by atoms with Gasteiger partial charge in [0.25, 0.3) is 5.91 Å². The Morgan fingerprint density at radius 2 is 2.12 bits per heavy atom. The molecule has 136 valence electrons. The number of aromatic nitrogens is 2. The Bertz CT molecular complexity index is 962. The summed E-state index contributed by atoms with van der Waals surface area (Å²) < 4.78 is 38.2. The first-order chi connectivity index (χ1) is 12.5. The van der Waals surface area contributed by atoms with Gasteiger partial charge in [-0.2, -0.15) is 0 Å². The summed E-state index contributed by atoms with van der Waals surface area (Å²) in [5, 5.41) is 0.749. The van der Waals surface area contributed by atoms with Crippen molar-refractivity contribution in [2.75, 3.05) is 13.2 Å². The van der Waals surface area contributed by atoms with Crippen LogP contribution in [-0.2, 0) is 6.42 Å². The number of amides is 1. The van der Waals surface area contributed by atoms with E-state index < -0.39 is 23.1 Å². The van der Waals surface area contributed by atoms with Crippen LogP contribution in [0.2, 0.25) is 0 Å². The fourth-order valence-corrected chi connectivity index (χ4v) is 3.19. The first kappa shape index (κ1) is 18.0. The third-order valence-corrected chi connectivity index (χ3v) is 4.49. The van der Waals surface area contributed by atoms with Crippen molar-refractivity contribution in [3.8, 4) is 11.5 Å². The van der Waals surface area contributed by atoms with Gasteiger partial charge in [-0.05, 0) is 19.1 Å². The van der Waals surface area contributed by atoms with Crippen molar-refractivity contribution in [2.24, 2.45) is 5.73 Å². The number of hydrogen-bond acceptors (Lipinski definition) is 6. The number of carbonyl (C=O) groups is 1. The van der Waals surface area contributed by atoms with E-state index in [1.807, 2.05) is 6.92 Å². The van der Waals surface area contributed by atoms with Gasteiger partial charge in [-0.15, -0.1) is 0 Å². The maximum absolute atomic E-state index is 14.1. The van der Waals surface area contributed by atoms with Crippen LogP contribution in [0.3, 0.4) is 0 Å². The molecule has 0 saturated heterocycles. The van der Waals surface area contributed by atoms with Crippen LogP contribution in [0, 0.1) is 11.6 Å². The molecule has 1 amide bonds. The second-order valence-corrected chi connectivity index (χ2v) is 6.30. The highest BCUT2D eigenvalue weighted by Crippen LogP contribution is 2.25. The van der Waals surface area contributed by atoms with E-state index in [0.29, 0.717) is 24.3 Å². The van der Waals surface area contributed by atoms with Crippen LogP contribution in [0.15, 0.2) is 24.4 Å². The molecule has 0 saturated carbocycles. The predicted molar refractivity (Wildman–Crippen MR) is 92.7 cm³/mol. The molecule has 0 atom stereocenters. The summed E-state index contributed by atoms with van der Waals surface area (Å²) in [7, 11) is 0. The predicted octanol–water partition coefficient (Wildman–Crippen LogP) is 3.09. The monoisotopic (exact) mass is 379 g/mol. The maximum atomic E-state index is 14.1. The molecule has 0 radical (unpaired) electrons. The number of thiazole rings is 1. The molecule has 9 heteroatoms. The van der Waals surface area contributed by atoms with Crippen molar-refractivity contribution in [3.63, 3.8) is 0 Å². The Morgan fingerprint density at radius 3 is 2.85 bits per heavy atom. The average Bonchev–Trinajstić information content (AvgIpc) is 2.99. The molecule has 0 bridgehead atoms. The molecule has 0 aliphatic heterocycles. The van der Waals surface area contributed by atoms with Crippen LogP contribution in [0.1, 0.15) is 22.3 Å². The van der Waals surface area contributed by atoms with E-state index in [1.165, 1.54) is 11.3 Å². The average molecular weight is 379 g/mol. The van der Waals surface area contributed by atoms with Crippen molar-refractivity contribution in [2.45, 2.75) is 13.3 Å². The van der Waals surface area contributed by atoms with Crippen LogP contribution in [0.4, 0.5) is 8.78 Å². The highest BCUT2D eigenvalue weighted by atomic mass is 32.1. The first-order valence-corrected chi connectivity index (χ1v) is 8.60. The standard InChI is InChI=1S/C17H15F2N3O3S/c1-2-24-9-7-11-17(21-8-9)26-13(22-11)5-6-25-12-4-3-10(18)14(15(12)19)16(20)23/h3-4,7-8H,2,5-6H2,1H3,(H2,20,23). The van der Waals surface area contributed by atoms with Gasteiger partial charge >= 0.3 is 0 Å². The number of pyridine rings is 1. The molecule has 0 spiro atoms. The van der Waals surface area contributed by atoms with Gasteiger partial charge in [-0.25, -0.2) is 18.7 Å². The third kappa shape index (κ3) is 3.72. The minimum atomic E-state index is -1.19. The lowest BCUT2D eigenvalue weighted by atomic mass is 10.1. The van der Waals surface area contributed by atoms with E-state index in [9.17, 15) is 13.6 Å². The molecule has 3 aromatic rings. The number of halogens is 2. The van der Waals surface area contributed by atoms with E-state index in [0.717, 1.165) is 22.0 Å². The highest BCUT2D eigenvalue weighted by Gasteiger charge is 2.19. The van der Waals surface area contributed by atoms with E-state index in [1.54, 1.807) is 12.3 Å². The Labute approximate surface area is 151 Å². The summed E-state index contributed by atoms with van der Waals surface area (Å²) in [5.74, 6) is -2.92. The summed E-state index contributed by atoms with van der Waals surface area (Å²) in [6.45, 7) is 2.51. The SMILES string of the molecule is CCOc1cnc2sc(CCOc3ccc(F)c(C(N)=O)c3F)nc2c1. The Morgan fingerprint density at radius 1 is 1.31 bits per heavy atom. The maximum Gasteiger partial charge on any atom is 0.254 e. The number of hydrogen-bond donors (Lipinski definition) is 1. The molecule has 1 aromatic carbocycles. The van der Waals surface area contributed by atoms with Crippen molar-refractivity contribution in [1.82, 2.24) is 9.97 Å². The van der Waals surface area contributed by atoms with Gasteiger partial charge in [0.2, 0.25) is 0 Å². The second-order valence-electron chi connectivity index (χ2n) is 5.23.